The van der Waals surface area contributed by atoms with E-state index in [4.69, 9.17) is 0 Å². The molecule has 0 fully saturated rings. The molecule has 1 heterocycles. The number of aromatic nitrogens is 2. The van der Waals surface area contributed by atoms with Gasteiger partial charge in [0.05, 0.1) is 23.3 Å². The van der Waals surface area contributed by atoms with E-state index >= 15 is 0 Å². The molecule has 0 amide bonds. The number of para-hydroxylation sites is 1. The molecule has 24 heavy (non-hydrogen) atoms. The van der Waals surface area contributed by atoms with Crippen LogP contribution in [-0.2, 0) is 12.3 Å². The molecule has 0 aliphatic heterocycles. The molecule has 3 aromatic rings. The first-order valence-electron chi connectivity index (χ1n) is 7.25. The van der Waals surface area contributed by atoms with Gasteiger partial charge in [-0.25, -0.2) is 4.98 Å². The SMILES string of the molecule is CSCc1nc2ccc(Br)cc2n1Cc1ccccc1OC(F)F. The van der Waals surface area contributed by atoms with E-state index in [1.807, 2.05) is 35.1 Å². The number of halogens is 3. The molecule has 0 saturated heterocycles. The van der Waals surface area contributed by atoms with Crippen molar-refractivity contribution in [2.24, 2.45) is 0 Å². The number of alkyl halides is 2. The van der Waals surface area contributed by atoms with Crippen LogP contribution in [0.15, 0.2) is 46.9 Å². The molecule has 126 valence electrons. The van der Waals surface area contributed by atoms with E-state index in [1.165, 1.54) is 0 Å². The number of hydrogen-bond acceptors (Lipinski definition) is 3. The van der Waals surface area contributed by atoms with Crippen LogP contribution in [0.25, 0.3) is 11.0 Å². The maximum Gasteiger partial charge on any atom is 0.387 e. The number of hydrogen-bond donors (Lipinski definition) is 0. The van der Waals surface area contributed by atoms with Crippen LogP contribution in [-0.4, -0.2) is 22.4 Å². The van der Waals surface area contributed by atoms with E-state index in [9.17, 15) is 8.78 Å². The van der Waals surface area contributed by atoms with Gasteiger partial charge < -0.3 is 9.30 Å². The number of rotatable bonds is 6. The van der Waals surface area contributed by atoms with Crippen molar-refractivity contribution in [3.8, 4) is 5.75 Å². The van der Waals surface area contributed by atoms with Crippen molar-refractivity contribution in [3.05, 3.63) is 58.3 Å². The molecule has 1 aromatic heterocycles. The molecule has 0 spiro atoms. The fraction of sp³-hybridized carbons (Fsp3) is 0.235. The van der Waals surface area contributed by atoms with Gasteiger partial charge in [-0.1, -0.05) is 34.1 Å². The summed E-state index contributed by atoms with van der Waals surface area (Å²) in [4.78, 5) is 4.66. The third-order valence-corrected chi connectivity index (χ3v) is 4.62. The maximum absolute atomic E-state index is 12.6. The van der Waals surface area contributed by atoms with Crippen LogP contribution in [0.3, 0.4) is 0 Å². The molecular formula is C17H15BrF2N2OS. The molecule has 0 saturated carbocycles. The summed E-state index contributed by atoms with van der Waals surface area (Å²) in [6.07, 6.45) is 2.01. The van der Waals surface area contributed by atoms with Crippen molar-refractivity contribution in [1.82, 2.24) is 9.55 Å². The van der Waals surface area contributed by atoms with Crippen molar-refractivity contribution >= 4 is 38.7 Å². The zero-order valence-electron chi connectivity index (χ0n) is 12.9. The summed E-state index contributed by atoms with van der Waals surface area (Å²) < 4.78 is 32.9. The summed E-state index contributed by atoms with van der Waals surface area (Å²) in [5.41, 5.74) is 2.54. The highest BCUT2D eigenvalue weighted by Gasteiger charge is 2.15. The maximum atomic E-state index is 12.6. The monoisotopic (exact) mass is 412 g/mol. The van der Waals surface area contributed by atoms with Crippen LogP contribution >= 0.6 is 27.7 Å². The van der Waals surface area contributed by atoms with E-state index in [0.29, 0.717) is 12.1 Å². The zero-order valence-corrected chi connectivity index (χ0v) is 15.3. The minimum absolute atomic E-state index is 0.194. The molecule has 0 atom stereocenters. The van der Waals surface area contributed by atoms with E-state index in [0.717, 1.165) is 27.1 Å². The van der Waals surface area contributed by atoms with Gasteiger partial charge in [0.2, 0.25) is 0 Å². The van der Waals surface area contributed by atoms with Gasteiger partial charge in [-0.05, 0) is 30.5 Å². The lowest BCUT2D eigenvalue weighted by atomic mass is 10.2. The van der Waals surface area contributed by atoms with Crippen LogP contribution < -0.4 is 4.74 Å². The summed E-state index contributed by atoms with van der Waals surface area (Å²) in [5.74, 6) is 1.84. The first kappa shape index (κ1) is 17.2. The molecule has 0 bridgehead atoms. The molecule has 0 aliphatic rings. The highest BCUT2D eigenvalue weighted by atomic mass is 79.9. The van der Waals surface area contributed by atoms with Crippen LogP contribution in [0.2, 0.25) is 0 Å². The minimum atomic E-state index is -2.84. The molecule has 0 aliphatic carbocycles. The lowest BCUT2D eigenvalue weighted by Gasteiger charge is -2.13. The van der Waals surface area contributed by atoms with Crippen LogP contribution in [0.5, 0.6) is 5.75 Å². The lowest BCUT2D eigenvalue weighted by Crippen LogP contribution is -2.09. The predicted molar refractivity (Wildman–Crippen MR) is 96.8 cm³/mol. The molecular weight excluding hydrogens is 398 g/mol. The number of benzene rings is 2. The Morgan fingerprint density at radius 2 is 2.04 bits per heavy atom. The van der Waals surface area contributed by atoms with Gasteiger partial charge in [-0.3, -0.25) is 0 Å². The summed E-state index contributed by atoms with van der Waals surface area (Å²) in [6.45, 7) is -2.42. The van der Waals surface area contributed by atoms with Crippen molar-refractivity contribution in [1.29, 1.82) is 0 Å². The Hall–Kier alpha value is -1.60. The second-order valence-electron chi connectivity index (χ2n) is 5.17. The van der Waals surface area contributed by atoms with Gasteiger partial charge in [-0.2, -0.15) is 20.5 Å². The smallest absolute Gasteiger partial charge is 0.387 e. The predicted octanol–water partition coefficient (Wildman–Crippen LogP) is 5.31. The molecule has 0 N–H and O–H groups in total. The van der Waals surface area contributed by atoms with Crippen LogP contribution in [0.1, 0.15) is 11.4 Å². The van der Waals surface area contributed by atoms with Gasteiger partial charge >= 0.3 is 6.61 Å². The highest BCUT2D eigenvalue weighted by Crippen LogP contribution is 2.27. The molecule has 7 heteroatoms. The van der Waals surface area contributed by atoms with Crippen molar-refractivity contribution < 1.29 is 13.5 Å². The summed E-state index contributed by atoms with van der Waals surface area (Å²) in [6, 6.07) is 12.7. The number of fused-ring (bicyclic) bond motifs is 1. The standard InChI is InChI=1S/C17H15BrF2N2OS/c1-24-10-16-21-13-7-6-12(18)8-14(13)22(16)9-11-4-2-3-5-15(11)23-17(19)20/h2-8,17H,9-10H2,1H3. The second-order valence-corrected chi connectivity index (χ2v) is 6.95. The highest BCUT2D eigenvalue weighted by molar-refractivity contribution is 9.10. The third kappa shape index (κ3) is 3.72. The van der Waals surface area contributed by atoms with Crippen LogP contribution in [0.4, 0.5) is 8.78 Å². The first-order valence-corrected chi connectivity index (χ1v) is 9.43. The summed E-state index contributed by atoms with van der Waals surface area (Å²) >= 11 is 5.14. The van der Waals surface area contributed by atoms with E-state index in [-0.39, 0.29) is 5.75 Å². The Balaban J connectivity index is 2.06. The Labute approximate surface area is 151 Å². The lowest BCUT2D eigenvalue weighted by molar-refractivity contribution is -0.0504. The fourth-order valence-electron chi connectivity index (χ4n) is 2.58. The average Bonchev–Trinajstić information content (AvgIpc) is 2.86. The Kier molecular flexibility index (Phi) is 5.40. The van der Waals surface area contributed by atoms with E-state index < -0.39 is 6.61 Å². The number of ether oxygens (including phenoxy) is 1. The Bertz CT molecular complexity index is 854. The fourth-order valence-corrected chi connectivity index (χ4v) is 3.40. The zero-order chi connectivity index (χ0) is 17.1. The van der Waals surface area contributed by atoms with E-state index in [2.05, 4.69) is 25.7 Å². The van der Waals surface area contributed by atoms with Crippen molar-refractivity contribution in [3.63, 3.8) is 0 Å². The molecule has 0 radical (unpaired) electrons. The van der Waals surface area contributed by atoms with Gasteiger partial charge in [-0.15, -0.1) is 0 Å². The first-order chi connectivity index (χ1) is 11.6. The topological polar surface area (TPSA) is 27.1 Å². The molecule has 3 nitrogen and oxygen atoms in total. The normalized spacial score (nSPS) is 11.4. The van der Waals surface area contributed by atoms with E-state index in [1.54, 1.807) is 30.0 Å². The van der Waals surface area contributed by atoms with Gasteiger partial charge in [0, 0.05) is 10.0 Å². The molecule has 0 unspecified atom stereocenters. The average molecular weight is 413 g/mol. The number of imidazole rings is 1. The third-order valence-electron chi connectivity index (χ3n) is 3.58. The summed E-state index contributed by atoms with van der Waals surface area (Å²) in [7, 11) is 0. The van der Waals surface area contributed by atoms with Gasteiger partial charge in [0.1, 0.15) is 11.6 Å². The van der Waals surface area contributed by atoms with Gasteiger partial charge in [0.25, 0.3) is 0 Å². The molecule has 2 aromatic carbocycles. The number of nitrogens with zero attached hydrogens (tertiary/aromatic N) is 2. The second kappa shape index (κ2) is 7.53. The van der Waals surface area contributed by atoms with Gasteiger partial charge in [0.15, 0.2) is 0 Å². The largest absolute Gasteiger partial charge is 0.434 e. The molecule has 3 rings (SSSR count). The quantitative estimate of drug-likeness (QED) is 0.548. The van der Waals surface area contributed by atoms with Crippen molar-refractivity contribution in [2.45, 2.75) is 18.9 Å². The number of thioether (sulfide) groups is 1. The Morgan fingerprint density at radius 1 is 1.25 bits per heavy atom. The minimum Gasteiger partial charge on any atom is -0.434 e. The summed E-state index contributed by atoms with van der Waals surface area (Å²) in [5, 5.41) is 0. The van der Waals surface area contributed by atoms with Crippen molar-refractivity contribution in [2.75, 3.05) is 6.26 Å². The Morgan fingerprint density at radius 3 is 2.79 bits per heavy atom. The van der Waals surface area contributed by atoms with Crippen LogP contribution in [0, 0.1) is 0 Å².